The van der Waals surface area contributed by atoms with Crippen molar-refractivity contribution in [2.45, 2.75) is 31.6 Å². The number of hydrogen-bond donors (Lipinski definition) is 1. The minimum Gasteiger partial charge on any atom is -0.497 e. The van der Waals surface area contributed by atoms with Crippen LogP contribution < -0.4 is 4.74 Å². The van der Waals surface area contributed by atoms with Gasteiger partial charge in [0.15, 0.2) is 0 Å². The average Bonchev–Trinajstić information content (AvgIpc) is 2.54. The van der Waals surface area contributed by atoms with E-state index in [2.05, 4.69) is 36.4 Å². The Hall–Kier alpha value is -2.29. The third kappa shape index (κ3) is 2.84. The Morgan fingerprint density at radius 2 is 2.05 bits per heavy atom. The van der Waals surface area contributed by atoms with E-state index in [1.807, 2.05) is 6.07 Å². The van der Waals surface area contributed by atoms with Gasteiger partial charge in [0.25, 0.3) is 0 Å². The van der Waals surface area contributed by atoms with Crippen LogP contribution in [-0.2, 0) is 11.2 Å². The van der Waals surface area contributed by atoms with Gasteiger partial charge < -0.3 is 9.84 Å². The van der Waals surface area contributed by atoms with Gasteiger partial charge in [0.2, 0.25) is 0 Å². The zero-order valence-corrected chi connectivity index (χ0v) is 12.7. The molecule has 114 valence electrons. The number of carbonyl (C=O) groups is 1. The molecule has 0 spiro atoms. The van der Waals surface area contributed by atoms with Crippen molar-refractivity contribution in [2.75, 3.05) is 7.11 Å². The summed E-state index contributed by atoms with van der Waals surface area (Å²) in [5.41, 5.74) is 5.17. The lowest BCUT2D eigenvalue weighted by molar-refractivity contribution is -0.137. The van der Waals surface area contributed by atoms with Gasteiger partial charge >= 0.3 is 5.97 Å². The van der Waals surface area contributed by atoms with E-state index in [0.717, 1.165) is 18.6 Å². The maximum Gasteiger partial charge on any atom is 0.303 e. The zero-order chi connectivity index (χ0) is 15.5. The fourth-order valence-electron chi connectivity index (χ4n) is 3.34. The number of hydrogen-bond acceptors (Lipinski definition) is 2. The molecule has 0 saturated heterocycles. The molecule has 0 amide bonds. The van der Waals surface area contributed by atoms with Crippen LogP contribution in [0, 0.1) is 0 Å². The van der Waals surface area contributed by atoms with E-state index in [-0.39, 0.29) is 6.42 Å². The molecule has 0 aliphatic heterocycles. The quantitative estimate of drug-likeness (QED) is 0.897. The maximum absolute atomic E-state index is 10.8. The second-order valence-corrected chi connectivity index (χ2v) is 5.80. The number of methoxy groups -OCH3 is 1. The molecule has 0 bridgehead atoms. The summed E-state index contributed by atoms with van der Waals surface area (Å²) >= 11 is 0. The van der Waals surface area contributed by atoms with E-state index in [1.54, 1.807) is 7.11 Å². The molecular formula is C19H20O3. The van der Waals surface area contributed by atoms with E-state index >= 15 is 0 Å². The summed E-state index contributed by atoms with van der Waals surface area (Å²) < 4.78 is 5.37. The van der Waals surface area contributed by atoms with Crippen LogP contribution in [-0.4, -0.2) is 18.2 Å². The van der Waals surface area contributed by atoms with Crippen LogP contribution in [0.5, 0.6) is 5.75 Å². The molecule has 1 unspecified atom stereocenters. The minimum absolute atomic E-state index is 0.234. The first-order valence-electron chi connectivity index (χ1n) is 7.67. The monoisotopic (exact) mass is 296 g/mol. The first-order valence-corrected chi connectivity index (χ1v) is 7.67. The lowest BCUT2D eigenvalue weighted by atomic mass is 9.76. The fraction of sp³-hybridized carbons (Fsp3) is 0.316. The Kier molecular flexibility index (Phi) is 4.14. The topological polar surface area (TPSA) is 46.5 Å². The van der Waals surface area contributed by atoms with Gasteiger partial charge in [-0.15, -0.1) is 0 Å². The summed E-state index contributed by atoms with van der Waals surface area (Å²) in [6, 6.07) is 14.7. The van der Waals surface area contributed by atoms with Crippen molar-refractivity contribution >= 4 is 5.97 Å². The van der Waals surface area contributed by atoms with Gasteiger partial charge in [-0.3, -0.25) is 4.79 Å². The van der Waals surface area contributed by atoms with Crippen molar-refractivity contribution in [3.05, 3.63) is 53.6 Å². The van der Waals surface area contributed by atoms with Gasteiger partial charge in [-0.2, -0.15) is 0 Å². The van der Waals surface area contributed by atoms with Crippen molar-refractivity contribution in [3.8, 4) is 16.9 Å². The summed E-state index contributed by atoms with van der Waals surface area (Å²) in [6.07, 6.45) is 2.80. The molecule has 0 aromatic heterocycles. The van der Waals surface area contributed by atoms with Gasteiger partial charge in [-0.25, -0.2) is 0 Å². The normalized spacial score (nSPS) is 15.8. The van der Waals surface area contributed by atoms with Crippen LogP contribution in [0.25, 0.3) is 11.1 Å². The van der Waals surface area contributed by atoms with Crippen molar-refractivity contribution in [1.82, 2.24) is 0 Å². The van der Waals surface area contributed by atoms with Crippen LogP contribution in [0.4, 0.5) is 0 Å². The van der Waals surface area contributed by atoms with Crippen LogP contribution in [0.1, 0.15) is 36.3 Å². The lowest BCUT2D eigenvalue weighted by Gasteiger charge is -2.28. The fourth-order valence-corrected chi connectivity index (χ4v) is 3.34. The molecule has 0 saturated carbocycles. The molecule has 1 N–H and O–H groups in total. The van der Waals surface area contributed by atoms with Gasteiger partial charge in [-0.05, 0) is 59.6 Å². The maximum atomic E-state index is 10.8. The molecule has 3 nitrogen and oxygen atoms in total. The summed E-state index contributed by atoms with van der Waals surface area (Å²) in [5, 5.41) is 8.86. The zero-order valence-electron chi connectivity index (χ0n) is 12.7. The Balaban J connectivity index is 1.95. The highest BCUT2D eigenvalue weighted by Gasteiger charge is 2.24. The average molecular weight is 296 g/mol. The molecule has 0 radical (unpaired) electrons. The van der Waals surface area contributed by atoms with Crippen LogP contribution in [0.15, 0.2) is 42.5 Å². The highest BCUT2D eigenvalue weighted by molar-refractivity contribution is 5.75. The number of benzene rings is 2. The largest absolute Gasteiger partial charge is 0.497 e. The standard InChI is InChI=1S/C19H20O3/c1-22-15-9-10-17-16-7-3-2-5-13(16)11-14(18(17)12-15)6-4-8-19(20)21/h2-3,5,7,9-10,12,14H,4,6,8,11H2,1H3,(H,20,21). The molecule has 1 aliphatic rings. The van der Waals surface area contributed by atoms with Gasteiger partial charge in [0.1, 0.15) is 5.75 Å². The number of rotatable bonds is 5. The van der Waals surface area contributed by atoms with E-state index in [4.69, 9.17) is 9.84 Å². The molecule has 0 heterocycles. The Morgan fingerprint density at radius 1 is 1.23 bits per heavy atom. The highest BCUT2D eigenvalue weighted by Crippen LogP contribution is 2.42. The summed E-state index contributed by atoms with van der Waals surface area (Å²) in [6.45, 7) is 0. The molecule has 0 fully saturated rings. The highest BCUT2D eigenvalue weighted by atomic mass is 16.5. The number of fused-ring (bicyclic) bond motifs is 3. The van der Waals surface area contributed by atoms with Gasteiger partial charge in [0.05, 0.1) is 7.11 Å². The second kappa shape index (κ2) is 6.22. The molecule has 22 heavy (non-hydrogen) atoms. The molecule has 3 rings (SSSR count). The van der Waals surface area contributed by atoms with Crippen LogP contribution in [0.3, 0.4) is 0 Å². The summed E-state index contributed by atoms with van der Waals surface area (Å²) in [5.74, 6) is 0.503. The SMILES string of the molecule is COc1ccc2c(c1)C(CCCC(=O)O)Cc1ccccc1-2. The Bertz CT molecular complexity index is 691. The van der Waals surface area contributed by atoms with Gasteiger partial charge in [0, 0.05) is 6.42 Å². The minimum atomic E-state index is -0.720. The van der Waals surface area contributed by atoms with Crippen LogP contribution in [0.2, 0.25) is 0 Å². The first-order chi connectivity index (χ1) is 10.7. The first kappa shape index (κ1) is 14.6. The van der Waals surface area contributed by atoms with Crippen molar-refractivity contribution in [3.63, 3.8) is 0 Å². The Morgan fingerprint density at radius 3 is 2.82 bits per heavy atom. The third-order valence-electron chi connectivity index (χ3n) is 4.42. The molecule has 1 atom stereocenters. The Labute approximate surface area is 130 Å². The van der Waals surface area contributed by atoms with E-state index in [9.17, 15) is 4.79 Å². The molecule has 2 aromatic rings. The third-order valence-corrected chi connectivity index (χ3v) is 4.42. The van der Waals surface area contributed by atoms with Crippen molar-refractivity contribution in [1.29, 1.82) is 0 Å². The summed E-state index contributed by atoms with van der Waals surface area (Å²) in [4.78, 5) is 10.8. The van der Waals surface area contributed by atoms with E-state index in [1.165, 1.54) is 22.3 Å². The summed E-state index contributed by atoms with van der Waals surface area (Å²) in [7, 11) is 1.68. The predicted molar refractivity (Wildman–Crippen MR) is 86.4 cm³/mol. The van der Waals surface area contributed by atoms with Gasteiger partial charge in [-0.1, -0.05) is 30.3 Å². The predicted octanol–water partition coefficient (Wildman–Crippen LogP) is 4.26. The molecule has 3 heteroatoms. The smallest absolute Gasteiger partial charge is 0.303 e. The van der Waals surface area contributed by atoms with Crippen LogP contribution >= 0.6 is 0 Å². The number of carboxylic acids is 1. The number of aliphatic carboxylic acids is 1. The van der Waals surface area contributed by atoms with E-state index in [0.29, 0.717) is 12.3 Å². The lowest BCUT2D eigenvalue weighted by Crippen LogP contribution is -2.12. The van der Waals surface area contributed by atoms with Crippen molar-refractivity contribution in [2.24, 2.45) is 0 Å². The molecule has 1 aliphatic carbocycles. The van der Waals surface area contributed by atoms with E-state index < -0.39 is 5.97 Å². The molecule has 2 aromatic carbocycles. The molecular weight excluding hydrogens is 276 g/mol. The number of carboxylic acid groups (broad SMARTS) is 1. The second-order valence-electron chi connectivity index (χ2n) is 5.80. The number of ether oxygens (including phenoxy) is 1. The van der Waals surface area contributed by atoms with Crippen molar-refractivity contribution < 1.29 is 14.6 Å².